The predicted molar refractivity (Wildman–Crippen MR) is 117 cm³/mol. The van der Waals surface area contributed by atoms with Gasteiger partial charge in [0.05, 0.1) is 6.54 Å². The second-order valence-electron chi connectivity index (χ2n) is 6.91. The molecule has 166 valence electrons. The summed E-state index contributed by atoms with van der Waals surface area (Å²) in [5, 5.41) is 5.34. The lowest BCUT2D eigenvalue weighted by atomic mass is 10.1. The number of amidine groups is 1. The highest BCUT2D eigenvalue weighted by molar-refractivity contribution is 6.18. The van der Waals surface area contributed by atoms with Crippen LogP contribution < -0.4 is 17.2 Å². The predicted octanol–water partition coefficient (Wildman–Crippen LogP) is 1.75. The van der Waals surface area contributed by atoms with Crippen LogP contribution in [0.4, 0.5) is 9.18 Å². The first kappa shape index (κ1) is 21.4. The molecule has 0 aliphatic carbocycles. The number of nitrogens with zero attached hydrogens (tertiary/aromatic N) is 5. The summed E-state index contributed by atoms with van der Waals surface area (Å²) in [5.74, 6) is -0.368. The number of benzene rings is 1. The molecular formula is C20H20ClFN8O2. The number of aromatic nitrogens is 3. The van der Waals surface area contributed by atoms with Crippen molar-refractivity contribution in [1.82, 2.24) is 19.7 Å². The third kappa shape index (κ3) is 3.89. The van der Waals surface area contributed by atoms with Crippen LogP contribution in [0.25, 0.3) is 11.0 Å². The summed E-state index contributed by atoms with van der Waals surface area (Å²) in [4.78, 5) is 21.7. The number of pyridine rings is 1. The SMILES string of the molecule is NC(=O)OC1=C(N)N(CCCl)C(c2nn(Cc3ccccc3F)c3ncccc23)N=C1N. The fraction of sp³-hybridized carbons (Fsp3) is 0.200. The van der Waals surface area contributed by atoms with Crippen LogP contribution in [-0.4, -0.2) is 44.0 Å². The maximum absolute atomic E-state index is 14.3. The Morgan fingerprint density at radius 2 is 2.00 bits per heavy atom. The van der Waals surface area contributed by atoms with Gasteiger partial charge in [0.25, 0.3) is 0 Å². The molecule has 0 spiro atoms. The van der Waals surface area contributed by atoms with Gasteiger partial charge in [-0.25, -0.2) is 23.8 Å². The zero-order valence-electron chi connectivity index (χ0n) is 16.8. The van der Waals surface area contributed by atoms with Crippen molar-refractivity contribution in [2.45, 2.75) is 12.7 Å². The number of primary amides is 1. The van der Waals surface area contributed by atoms with Gasteiger partial charge in [-0.05, 0) is 18.2 Å². The van der Waals surface area contributed by atoms with Gasteiger partial charge in [-0.2, -0.15) is 5.10 Å². The van der Waals surface area contributed by atoms with Gasteiger partial charge in [-0.1, -0.05) is 18.2 Å². The van der Waals surface area contributed by atoms with Crippen molar-refractivity contribution in [3.8, 4) is 0 Å². The minimum atomic E-state index is -1.07. The van der Waals surface area contributed by atoms with Crippen LogP contribution in [0.1, 0.15) is 17.4 Å². The van der Waals surface area contributed by atoms with Crippen LogP contribution in [0.2, 0.25) is 0 Å². The number of amides is 1. The number of hydrogen-bond donors (Lipinski definition) is 3. The van der Waals surface area contributed by atoms with Crippen molar-refractivity contribution in [3.05, 3.63) is 71.2 Å². The molecule has 1 aliphatic heterocycles. The van der Waals surface area contributed by atoms with Gasteiger partial charge in [0.2, 0.25) is 5.76 Å². The highest BCUT2D eigenvalue weighted by atomic mass is 35.5. The first-order valence-electron chi connectivity index (χ1n) is 9.58. The standard InChI is InChI=1S/C20H20ClFN8O2/c21-7-9-29-17(24)15(32-20(25)31)16(23)27-19(29)14-12-5-3-8-26-18(12)30(28-14)10-11-4-1-2-6-13(11)22/h1-6,8,19H,7,9-10,24H2,(H2,23,27)(H2,25,31). The van der Waals surface area contributed by atoms with Crippen LogP contribution in [0.5, 0.6) is 0 Å². The molecule has 1 aliphatic rings. The number of rotatable bonds is 6. The number of carbonyl (C=O) groups is 1. The second kappa shape index (κ2) is 8.71. The lowest BCUT2D eigenvalue weighted by molar-refractivity contribution is 0.179. The van der Waals surface area contributed by atoms with E-state index in [0.717, 1.165) is 0 Å². The van der Waals surface area contributed by atoms with Crippen molar-refractivity contribution in [2.24, 2.45) is 22.2 Å². The van der Waals surface area contributed by atoms with Crippen molar-refractivity contribution < 1.29 is 13.9 Å². The van der Waals surface area contributed by atoms with Crippen molar-refractivity contribution >= 4 is 34.6 Å². The second-order valence-corrected chi connectivity index (χ2v) is 7.29. The van der Waals surface area contributed by atoms with E-state index in [4.69, 9.17) is 33.5 Å². The number of ether oxygens (including phenoxy) is 1. The van der Waals surface area contributed by atoms with E-state index in [9.17, 15) is 9.18 Å². The van der Waals surface area contributed by atoms with E-state index in [-0.39, 0.29) is 42.2 Å². The highest BCUT2D eigenvalue weighted by Gasteiger charge is 2.34. The van der Waals surface area contributed by atoms with E-state index in [1.165, 1.54) is 6.07 Å². The molecule has 0 saturated carbocycles. The van der Waals surface area contributed by atoms with Crippen LogP contribution in [0.3, 0.4) is 0 Å². The average Bonchev–Trinajstić information content (AvgIpc) is 3.13. The Bertz CT molecular complexity index is 1240. The molecule has 3 heterocycles. The van der Waals surface area contributed by atoms with Crippen LogP contribution in [0, 0.1) is 5.82 Å². The molecule has 0 bridgehead atoms. The largest absolute Gasteiger partial charge is 0.410 e. The van der Waals surface area contributed by atoms with Gasteiger partial charge >= 0.3 is 6.09 Å². The topological polar surface area (TPSA) is 151 Å². The molecule has 2 aromatic heterocycles. The van der Waals surface area contributed by atoms with Crippen LogP contribution in [-0.2, 0) is 11.3 Å². The number of halogens is 2. The Labute approximate surface area is 187 Å². The minimum absolute atomic E-state index is 0.0441. The van der Waals surface area contributed by atoms with E-state index in [1.54, 1.807) is 40.0 Å². The molecule has 10 nitrogen and oxygen atoms in total. The molecule has 0 fully saturated rings. The normalized spacial score (nSPS) is 16.4. The Kier molecular flexibility index (Phi) is 5.82. The fourth-order valence-corrected chi connectivity index (χ4v) is 3.71. The van der Waals surface area contributed by atoms with Gasteiger partial charge in [0, 0.05) is 29.6 Å². The maximum Gasteiger partial charge on any atom is 0.410 e. The van der Waals surface area contributed by atoms with Crippen molar-refractivity contribution in [3.63, 3.8) is 0 Å². The van der Waals surface area contributed by atoms with Gasteiger partial charge in [-0.15, -0.1) is 11.6 Å². The third-order valence-electron chi connectivity index (χ3n) is 4.92. The molecule has 0 saturated heterocycles. The van der Waals surface area contributed by atoms with E-state index >= 15 is 0 Å². The molecule has 1 atom stereocenters. The Balaban J connectivity index is 1.81. The molecule has 0 radical (unpaired) electrons. The Morgan fingerprint density at radius 1 is 1.22 bits per heavy atom. The number of aliphatic imine (C=N–C) groups is 1. The van der Waals surface area contributed by atoms with E-state index in [1.807, 2.05) is 6.07 Å². The van der Waals surface area contributed by atoms with Crippen molar-refractivity contribution in [2.75, 3.05) is 12.4 Å². The lowest BCUT2D eigenvalue weighted by Gasteiger charge is -2.34. The summed E-state index contributed by atoms with van der Waals surface area (Å²) in [5.41, 5.74) is 18.8. The lowest BCUT2D eigenvalue weighted by Crippen LogP contribution is -2.42. The Hall–Kier alpha value is -3.86. The van der Waals surface area contributed by atoms with E-state index in [0.29, 0.717) is 22.3 Å². The summed E-state index contributed by atoms with van der Waals surface area (Å²) < 4.78 is 20.8. The first-order valence-corrected chi connectivity index (χ1v) is 10.1. The third-order valence-corrected chi connectivity index (χ3v) is 5.09. The Morgan fingerprint density at radius 3 is 2.72 bits per heavy atom. The van der Waals surface area contributed by atoms with Crippen LogP contribution >= 0.6 is 11.6 Å². The molecule has 1 amide bonds. The summed E-state index contributed by atoms with van der Waals surface area (Å²) in [6.45, 7) is 0.408. The summed E-state index contributed by atoms with van der Waals surface area (Å²) >= 11 is 5.98. The fourth-order valence-electron chi connectivity index (χ4n) is 3.52. The molecule has 6 N–H and O–H groups in total. The first-order chi connectivity index (χ1) is 15.4. The molecule has 1 aromatic carbocycles. The number of nitrogens with two attached hydrogens (primary N) is 3. The summed E-state index contributed by atoms with van der Waals surface area (Å²) in [6, 6.07) is 10.0. The monoisotopic (exact) mass is 458 g/mol. The van der Waals surface area contributed by atoms with Gasteiger partial charge < -0.3 is 26.8 Å². The average molecular weight is 459 g/mol. The van der Waals surface area contributed by atoms with Crippen molar-refractivity contribution in [1.29, 1.82) is 0 Å². The molecule has 12 heteroatoms. The number of fused-ring (bicyclic) bond motifs is 1. The van der Waals surface area contributed by atoms with Gasteiger partial charge in [0.1, 0.15) is 17.3 Å². The quantitative estimate of drug-likeness (QED) is 0.476. The maximum atomic E-state index is 14.3. The minimum Gasteiger partial charge on any atom is -0.403 e. The zero-order valence-corrected chi connectivity index (χ0v) is 17.5. The van der Waals surface area contributed by atoms with E-state index in [2.05, 4.69) is 15.1 Å². The van der Waals surface area contributed by atoms with Crippen LogP contribution in [0.15, 0.2) is 59.2 Å². The summed E-state index contributed by atoms with van der Waals surface area (Å²) in [7, 11) is 0. The molecule has 32 heavy (non-hydrogen) atoms. The molecule has 4 rings (SSSR count). The summed E-state index contributed by atoms with van der Waals surface area (Å²) in [6.07, 6.45) is -0.231. The van der Waals surface area contributed by atoms with Gasteiger partial charge in [0.15, 0.2) is 17.6 Å². The molecular weight excluding hydrogens is 439 g/mol. The molecule has 3 aromatic rings. The number of carbonyl (C=O) groups excluding carboxylic acids is 1. The smallest absolute Gasteiger partial charge is 0.403 e. The zero-order chi connectivity index (χ0) is 22.8. The number of hydrogen-bond acceptors (Lipinski definition) is 8. The number of alkyl halides is 1. The highest BCUT2D eigenvalue weighted by Crippen LogP contribution is 2.33. The van der Waals surface area contributed by atoms with E-state index < -0.39 is 12.3 Å². The van der Waals surface area contributed by atoms with Gasteiger partial charge in [-0.3, -0.25) is 0 Å². The molecule has 1 unspecified atom stereocenters.